The maximum atomic E-state index is 6.17. The molecule has 3 nitrogen and oxygen atoms in total. The Hall–Kier alpha value is -1.55. The van der Waals surface area contributed by atoms with Gasteiger partial charge in [-0.1, -0.05) is 65.7 Å². The molecule has 0 atom stereocenters. The molecule has 5 heteroatoms. The van der Waals surface area contributed by atoms with Crippen LogP contribution in [-0.2, 0) is 6.54 Å². The molecular formula is C18H19Cl2N3. The Morgan fingerprint density at radius 1 is 0.913 bits per heavy atom. The lowest BCUT2D eigenvalue weighted by Gasteiger charge is -2.33. The van der Waals surface area contributed by atoms with Crippen LogP contribution < -0.4 is 0 Å². The minimum atomic E-state index is 0.556. The molecule has 0 saturated carbocycles. The summed E-state index contributed by atoms with van der Waals surface area (Å²) >= 11 is 12.2. The van der Waals surface area contributed by atoms with Crippen molar-refractivity contribution in [2.45, 2.75) is 6.54 Å². The highest BCUT2D eigenvalue weighted by molar-refractivity contribution is 6.43. The molecule has 0 amide bonds. The van der Waals surface area contributed by atoms with E-state index in [4.69, 9.17) is 23.2 Å². The summed E-state index contributed by atoms with van der Waals surface area (Å²) in [5, 5.41) is 7.73. The van der Waals surface area contributed by atoms with Crippen molar-refractivity contribution >= 4 is 29.4 Å². The van der Waals surface area contributed by atoms with Crippen molar-refractivity contribution in [2.75, 3.05) is 26.2 Å². The van der Waals surface area contributed by atoms with Crippen LogP contribution in [-0.4, -0.2) is 42.3 Å². The number of rotatable bonds is 4. The number of piperazine rings is 1. The molecule has 0 aromatic heterocycles. The highest BCUT2D eigenvalue weighted by Crippen LogP contribution is 2.24. The molecule has 23 heavy (non-hydrogen) atoms. The first-order valence-corrected chi connectivity index (χ1v) is 8.47. The lowest BCUT2D eigenvalue weighted by Crippen LogP contribution is -2.43. The van der Waals surface area contributed by atoms with Crippen LogP contribution in [0, 0.1) is 0 Å². The van der Waals surface area contributed by atoms with E-state index in [0.717, 1.165) is 38.3 Å². The molecule has 0 spiro atoms. The molecule has 0 N–H and O–H groups in total. The van der Waals surface area contributed by atoms with Crippen LogP contribution in [0.2, 0.25) is 10.0 Å². The average molecular weight is 348 g/mol. The third kappa shape index (κ3) is 4.47. The molecule has 0 unspecified atom stereocenters. The van der Waals surface area contributed by atoms with Gasteiger partial charge in [-0.2, -0.15) is 5.10 Å². The Morgan fingerprint density at radius 2 is 1.65 bits per heavy atom. The highest BCUT2D eigenvalue weighted by atomic mass is 35.5. The summed E-state index contributed by atoms with van der Waals surface area (Å²) in [5.41, 5.74) is 2.21. The Bertz CT molecular complexity index is 665. The standard InChI is InChI=1S/C18H19Cl2N3/c19-17-8-4-7-16(18(17)20)13-21-23-11-9-22(10-12-23)14-15-5-2-1-3-6-15/h1-8,13H,9-12,14H2. The van der Waals surface area contributed by atoms with Crippen LogP contribution in [0.3, 0.4) is 0 Å². The summed E-state index contributed by atoms with van der Waals surface area (Å²) in [7, 11) is 0. The SMILES string of the molecule is Clc1cccc(C=NN2CCN(Cc3ccccc3)CC2)c1Cl. The zero-order valence-corrected chi connectivity index (χ0v) is 14.3. The van der Waals surface area contributed by atoms with Crippen LogP contribution in [0.25, 0.3) is 0 Å². The Kier molecular flexibility index (Phi) is 5.55. The van der Waals surface area contributed by atoms with E-state index in [-0.39, 0.29) is 0 Å². The van der Waals surface area contributed by atoms with Gasteiger partial charge in [0.25, 0.3) is 0 Å². The van der Waals surface area contributed by atoms with E-state index in [1.807, 2.05) is 12.1 Å². The second-order valence-corrected chi connectivity index (χ2v) is 6.39. The molecule has 1 heterocycles. The average Bonchev–Trinajstić information content (AvgIpc) is 2.58. The van der Waals surface area contributed by atoms with Crippen molar-refractivity contribution in [1.82, 2.24) is 9.91 Å². The van der Waals surface area contributed by atoms with E-state index in [2.05, 4.69) is 45.3 Å². The molecule has 1 fully saturated rings. The van der Waals surface area contributed by atoms with Crippen LogP contribution in [0.15, 0.2) is 53.6 Å². The third-order valence-corrected chi connectivity index (χ3v) is 4.77. The predicted molar refractivity (Wildman–Crippen MR) is 97.3 cm³/mol. The zero-order chi connectivity index (χ0) is 16.1. The van der Waals surface area contributed by atoms with Crippen molar-refractivity contribution in [3.8, 4) is 0 Å². The summed E-state index contributed by atoms with van der Waals surface area (Å²) in [6, 6.07) is 16.2. The fraction of sp³-hybridized carbons (Fsp3) is 0.278. The second-order valence-electron chi connectivity index (χ2n) is 5.60. The van der Waals surface area contributed by atoms with E-state index in [0.29, 0.717) is 10.0 Å². The van der Waals surface area contributed by atoms with Gasteiger partial charge in [0.15, 0.2) is 0 Å². The van der Waals surface area contributed by atoms with Gasteiger partial charge in [0, 0.05) is 38.3 Å². The van der Waals surface area contributed by atoms with Crippen molar-refractivity contribution in [2.24, 2.45) is 5.10 Å². The predicted octanol–water partition coefficient (Wildman–Crippen LogP) is 4.15. The number of hydrogen-bond donors (Lipinski definition) is 0. The molecule has 0 bridgehead atoms. The van der Waals surface area contributed by atoms with Crippen LogP contribution >= 0.6 is 23.2 Å². The number of nitrogens with zero attached hydrogens (tertiary/aromatic N) is 3. The maximum Gasteiger partial charge on any atom is 0.0680 e. The van der Waals surface area contributed by atoms with Crippen molar-refractivity contribution in [3.05, 3.63) is 69.7 Å². The molecule has 1 aliphatic rings. The van der Waals surface area contributed by atoms with Crippen molar-refractivity contribution < 1.29 is 0 Å². The minimum absolute atomic E-state index is 0.556. The summed E-state index contributed by atoms with van der Waals surface area (Å²) in [6.07, 6.45) is 1.79. The van der Waals surface area contributed by atoms with Gasteiger partial charge in [-0.15, -0.1) is 0 Å². The molecular weight excluding hydrogens is 329 g/mol. The Morgan fingerprint density at radius 3 is 2.39 bits per heavy atom. The van der Waals surface area contributed by atoms with Crippen molar-refractivity contribution in [1.29, 1.82) is 0 Å². The van der Waals surface area contributed by atoms with Gasteiger partial charge >= 0.3 is 0 Å². The topological polar surface area (TPSA) is 18.8 Å². The molecule has 1 saturated heterocycles. The first kappa shape index (κ1) is 16.3. The number of hydrazone groups is 1. The smallest absolute Gasteiger partial charge is 0.0680 e. The first-order valence-electron chi connectivity index (χ1n) is 7.71. The molecule has 1 aliphatic heterocycles. The Labute approximate surface area is 147 Å². The lowest BCUT2D eigenvalue weighted by molar-refractivity contribution is 0.131. The van der Waals surface area contributed by atoms with Crippen molar-refractivity contribution in [3.63, 3.8) is 0 Å². The second kappa shape index (κ2) is 7.82. The van der Waals surface area contributed by atoms with Gasteiger partial charge in [-0.3, -0.25) is 9.91 Å². The van der Waals surface area contributed by atoms with Gasteiger partial charge < -0.3 is 0 Å². The fourth-order valence-corrected chi connectivity index (χ4v) is 2.97. The molecule has 2 aromatic rings. The lowest BCUT2D eigenvalue weighted by atomic mass is 10.2. The van der Waals surface area contributed by atoms with Crippen LogP contribution in [0.4, 0.5) is 0 Å². The largest absolute Gasteiger partial charge is 0.295 e. The molecule has 2 aromatic carbocycles. The zero-order valence-electron chi connectivity index (χ0n) is 12.8. The maximum absolute atomic E-state index is 6.17. The van der Waals surface area contributed by atoms with Gasteiger partial charge in [-0.05, 0) is 11.6 Å². The minimum Gasteiger partial charge on any atom is -0.295 e. The van der Waals surface area contributed by atoms with Gasteiger partial charge in [0.2, 0.25) is 0 Å². The Balaban J connectivity index is 1.53. The van der Waals surface area contributed by atoms with E-state index in [1.165, 1.54) is 5.56 Å². The van der Waals surface area contributed by atoms with Crippen LogP contribution in [0.5, 0.6) is 0 Å². The van der Waals surface area contributed by atoms with E-state index in [1.54, 1.807) is 12.3 Å². The monoisotopic (exact) mass is 347 g/mol. The van der Waals surface area contributed by atoms with Gasteiger partial charge in [0.05, 0.1) is 16.3 Å². The number of halogens is 2. The molecule has 0 aliphatic carbocycles. The quantitative estimate of drug-likeness (QED) is 0.773. The molecule has 3 rings (SSSR count). The molecule has 120 valence electrons. The summed E-state index contributed by atoms with van der Waals surface area (Å²) in [6.45, 7) is 4.85. The first-order chi connectivity index (χ1) is 11.2. The molecule has 0 radical (unpaired) electrons. The van der Waals surface area contributed by atoms with Gasteiger partial charge in [-0.25, -0.2) is 0 Å². The van der Waals surface area contributed by atoms with Gasteiger partial charge in [0.1, 0.15) is 0 Å². The van der Waals surface area contributed by atoms with E-state index in [9.17, 15) is 0 Å². The third-order valence-electron chi connectivity index (χ3n) is 3.94. The highest BCUT2D eigenvalue weighted by Gasteiger charge is 2.15. The van der Waals surface area contributed by atoms with E-state index < -0.39 is 0 Å². The summed E-state index contributed by atoms with van der Waals surface area (Å²) in [4.78, 5) is 2.45. The van der Waals surface area contributed by atoms with Crippen LogP contribution in [0.1, 0.15) is 11.1 Å². The normalized spacial score (nSPS) is 16.2. The summed E-state index contributed by atoms with van der Waals surface area (Å²) < 4.78 is 0. The number of hydrogen-bond acceptors (Lipinski definition) is 3. The summed E-state index contributed by atoms with van der Waals surface area (Å²) in [5.74, 6) is 0. The number of benzene rings is 2. The van der Waals surface area contributed by atoms with E-state index >= 15 is 0 Å². The fourth-order valence-electron chi connectivity index (χ4n) is 2.62.